The Balaban J connectivity index is 1.78. The standard InChI is InChI=1S/C15H24N6O2/c1-10(2)8-11-9-21-13(14(22)16-11)12(17-18-21)15(23)20-6-4-19(3)5-7-20/h10-11H,4-9H2,1-3H3,(H,16,22)/t11-/m0/s1. The molecule has 0 aliphatic carbocycles. The number of amides is 2. The van der Waals surface area contributed by atoms with E-state index in [2.05, 4.69) is 34.4 Å². The second kappa shape index (κ2) is 6.27. The van der Waals surface area contributed by atoms with Crippen LogP contribution in [0.1, 0.15) is 41.2 Å². The summed E-state index contributed by atoms with van der Waals surface area (Å²) in [6.07, 6.45) is 0.882. The van der Waals surface area contributed by atoms with Crippen LogP contribution in [-0.4, -0.2) is 75.9 Å². The number of carbonyl (C=O) groups is 2. The summed E-state index contributed by atoms with van der Waals surface area (Å²) in [5.41, 5.74) is 0.476. The Kier molecular flexibility index (Phi) is 4.34. The highest BCUT2D eigenvalue weighted by atomic mass is 16.2. The molecule has 0 unspecified atom stereocenters. The Morgan fingerprint density at radius 2 is 2.00 bits per heavy atom. The molecule has 23 heavy (non-hydrogen) atoms. The van der Waals surface area contributed by atoms with Crippen LogP contribution in [-0.2, 0) is 6.54 Å². The third kappa shape index (κ3) is 3.21. The molecule has 0 saturated carbocycles. The van der Waals surface area contributed by atoms with E-state index in [-0.39, 0.29) is 23.6 Å². The Labute approximate surface area is 135 Å². The molecule has 8 nitrogen and oxygen atoms in total. The van der Waals surface area contributed by atoms with Crippen molar-refractivity contribution in [1.29, 1.82) is 0 Å². The van der Waals surface area contributed by atoms with Gasteiger partial charge in [-0.25, -0.2) is 4.68 Å². The molecule has 1 saturated heterocycles. The van der Waals surface area contributed by atoms with Crippen LogP contribution in [0.15, 0.2) is 0 Å². The summed E-state index contributed by atoms with van der Waals surface area (Å²) < 4.78 is 1.58. The summed E-state index contributed by atoms with van der Waals surface area (Å²) in [6.45, 7) is 7.77. The minimum Gasteiger partial charge on any atom is -0.346 e. The van der Waals surface area contributed by atoms with Crippen molar-refractivity contribution in [2.75, 3.05) is 33.2 Å². The predicted molar refractivity (Wildman–Crippen MR) is 84.1 cm³/mol. The third-order valence-electron chi connectivity index (χ3n) is 4.43. The minimum atomic E-state index is -0.246. The maximum Gasteiger partial charge on any atom is 0.276 e. The van der Waals surface area contributed by atoms with E-state index in [9.17, 15) is 9.59 Å². The fraction of sp³-hybridized carbons (Fsp3) is 0.733. The van der Waals surface area contributed by atoms with Gasteiger partial charge in [-0.3, -0.25) is 9.59 Å². The number of hydrogen-bond acceptors (Lipinski definition) is 5. The van der Waals surface area contributed by atoms with E-state index in [4.69, 9.17) is 0 Å². The van der Waals surface area contributed by atoms with Crippen LogP contribution in [0.2, 0.25) is 0 Å². The van der Waals surface area contributed by atoms with Gasteiger partial charge in [0.2, 0.25) is 0 Å². The molecule has 2 aliphatic heterocycles. The van der Waals surface area contributed by atoms with E-state index in [1.165, 1.54) is 0 Å². The van der Waals surface area contributed by atoms with Crippen molar-refractivity contribution in [1.82, 2.24) is 30.1 Å². The lowest BCUT2D eigenvalue weighted by Crippen LogP contribution is -2.49. The van der Waals surface area contributed by atoms with Gasteiger partial charge in [-0.05, 0) is 19.4 Å². The molecule has 0 aromatic carbocycles. The van der Waals surface area contributed by atoms with E-state index in [1.807, 2.05) is 7.05 Å². The van der Waals surface area contributed by atoms with Gasteiger partial charge >= 0.3 is 0 Å². The zero-order chi connectivity index (χ0) is 16.6. The zero-order valence-corrected chi connectivity index (χ0v) is 13.9. The number of nitrogens with one attached hydrogen (secondary N) is 1. The van der Waals surface area contributed by atoms with Crippen LogP contribution in [0.5, 0.6) is 0 Å². The van der Waals surface area contributed by atoms with Gasteiger partial charge in [0.1, 0.15) is 0 Å². The lowest BCUT2D eigenvalue weighted by atomic mass is 10.0. The van der Waals surface area contributed by atoms with Crippen molar-refractivity contribution in [2.24, 2.45) is 5.92 Å². The molecule has 2 aliphatic rings. The van der Waals surface area contributed by atoms with Crippen LogP contribution >= 0.6 is 0 Å². The summed E-state index contributed by atoms with van der Waals surface area (Å²) in [7, 11) is 2.03. The van der Waals surface area contributed by atoms with Gasteiger partial charge in [0.05, 0.1) is 6.54 Å². The lowest BCUT2D eigenvalue weighted by molar-refractivity contribution is 0.0651. The van der Waals surface area contributed by atoms with Gasteiger partial charge in [-0.15, -0.1) is 5.10 Å². The highest BCUT2D eigenvalue weighted by Gasteiger charge is 2.34. The molecule has 1 aromatic rings. The maximum absolute atomic E-state index is 12.7. The highest BCUT2D eigenvalue weighted by molar-refractivity contribution is 6.05. The Morgan fingerprint density at radius 3 is 2.65 bits per heavy atom. The molecule has 0 radical (unpaired) electrons. The molecule has 1 atom stereocenters. The van der Waals surface area contributed by atoms with Crippen molar-refractivity contribution >= 4 is 11.8 Å². The fourth-order valence-electron chi connectivity index (χ4n) is 3.18. The van der Waals surface area contributed by atoms with Crippen molar-refractivity contribution in [3.63, 3.8) is 0 Å². The first kappa shape index (κ1) is 15.9. The molecule has 1 aromatic heterocycles. The van der Waals surface area contributed by atoms with E-state index in [0.717, 1.165) is 19.5 Å². The largest absolute Gasteiger partial charge is 0.346 e. The van der Waals surface area contributed by atoms with E-state index in [0.29, 0.717) is 31.2 Å². The Bertz CT molecular complexity index is 603. The van der Waals surface area contributed by atoms with Gasteiger partial charge in [-0.2, -0.15) is 0 Å². The Morgan fingerprint density at radius 1 is 1.30 bits per heavy atom. The van der Waals surface area contributed by atoms with Crippen LogP contribution in [0.4, 0.5) is 0 Å². The number of rotatable bonds is 3. The number of fused-ring (bicyclic) bond motifs is 1. The average molecular weight is 320 g/mol. The zero-order valence-electron chi connectivity index (χ0n) is 13.9. The molecular formula is C15H24N6O2. The van der Waals surface area contributed by atoms with Crippen molar-refractivity contribution in [3.8, 4) is 0 Å². The van der Waals surface area contributed by atoms with E-state index >= 15 is 0 Å². The van der Waals surface area contributed by atoms with Crippen molar-refractivity contribution < 1.29 is 9.59 Å². The molecule has 0 spiro atoms. The summed E-state index contributed by atoms with van der Waals surface area (Å²) in [5, 5.41) is 11.0. The number of nitrogens with zero attached hydrogens (tertiary/aromatic N) is 5. The predicted octanol–water partition coefficient (Wildman–Crippen LogP) is -0.176. The van der Waals surface area contributed by atoms with Gasteiger partial charge in [0.25, 0.3) is 11.8 Å². The molecule has 0 bridgehead atoms. The summed E-state index contributed by atoms with van der Waals surface area (Å²) in [6, 6.07) is 0.0447. The molecule has 2 amide bonds. The number of aromatic nitrogens is 3. The summed E-state index contributed by atoms with van der Waals surface area (Å²) >= 11 is 0. The first-order valence-corrected chi connectivity index (χ1v) is 8.18. The SMILES string of the molecule is CC(C)C[C@H]1Cn2nnc(C(=O)N3CCN(C)CC3)c2C(=O)N1. The van der Waals surface area contributed by atoms with Crippen LogP contribution in [0.25, 0.3) is 0 Å². The maximum atomic E-state index is 12.7. The van der Waals surface area contributed by atoms with Gasteiger partial charge in [-0.1, -0.05) is 19.1 Å². The number of piperazine rings is 1. The van der Waals surface area contributed by atoms with Crippen LogP contribution < -0.4 is 5.32 Å². The molecule has 1 fully saturated rings. The molecule has 8 heteroatoms. The molecule has 1 N–H and O–H groups in total. The normalized spacial score (nSPS) is 22.2. The van der Waals surface area contributed by atoms with Crippen LogP contribution in [0, 0.1) is 5.92 Å². The lowest BCUT2D eigenvalue weighted by Gasteiger charge is -2.32. The first-order valence-electron chi connectivity index (χ1n) is 8.18. The fourth-order valence-corrected chi connectivity index (χ4v) is 3.18. The average Bonchev–Trinajstić information content (AvgIpc) is 2.91. The van der Waals surface area contributed by atoms with Crippen LogP contribution in [0.3, 0.4) is 0 Å². The molecule has 126 valence electrons. The molecular weight excluding hydrogens is 296 g/mol. The smallest absolute Gasteiger partial charge is 0.276 e. The van der Waals surface area contributed by atoms with E-state index in [1.54, 1.807) is 9.58 Å². The number of likely N-dealkylation sites (N-methyl/N-ethyl adjacent to an activating group) is 1. The summed E-state index contributed by atoms with van der Waals surface area (Å²) in [4.78, 5) is 29.0. The van der Waals surface area contributed by atoms with Crippen molar-refractivity contribution in [2.45, 2.75) is 32.9 Å². The third-order valence-corrected chi connectivity index (χ3v) is 4.43. The number of hydrogen-bond donors (Lipinski definition) is 1. The Hall–Kier alpha value is -1.96. The minimum absolute atomic E-state index is 0.0447. The molecule has 3 heterocycles. The van der Waals surface area contributed by atoms with E-state index < -0.39 is 0 Å². The monoisotopic (exact) mass is 320 g/mol. The van der Waals surface area contributed by atoms with Gasteiger partial charge in [0.15, 0.2) is 11.4 Å². The van der Waals surface area contributed by atoms with Gasteiger partial charge in [0, 0.05) is 32.2 Å². The number of carbonyl (C=O) groups excluding carboxylic acids is 2. The summed E-state index contributed by atoms with van der Waals surface area (Å²) in [5.74, 6) is 0.0398. The highest BCUT2D eigenvalue weighted by Crippen LogP contribution is 2.17. The van der Waals surface area contributed by atoms with Crippen molar-refractivity contribution in [3.05, 3.63) is 11.4 Å². The second-order valence-electron chi connectivity index (χ2n) is 6.86. The quantitative estimate of drug-likeness (QED) is 0.835. The topological polar surface area (TPSA) is 83.4 Å². The first-order chi connectivity index (χ1) is 11.0. The second-order valence-corrected chi connectivity index (χ2v) is 6.86. The van der Waals surface area contributed by atoms with Gasteiger partial charge < -0.3 is 15.1 Å². The molecule has 3 rings (SSSR count).